The number of phosphoric ester groups is 3. The lowest BCUT2D eigenvalue weighted by Gasteiger charge is -2.30. The quantitative estimate of drug-likeness (QED) is 0.0246. The Morgan fingerprint density at radius 1 is 0.882 bits per heavy atom. The third-order valence-corrected chi connectivity index (χ3v) is 14.7. The van der Waals surface area contributed by atoms with Gasteiger partial charge in [0, 0.05) is 37.1 Å². The maximum absolute atomic E-state index is 12.7. The first kappa shape index (κ1) is 59.6. The van der Waals surface area contributed by atoms with Crippen LogP contribution in [0.1, 0.15) is 130 Å². The summed E-state index contributed by atoms with van der Waals surface area (Å²) in [5.74, 6) is -1.03. The Hall–Kier alpha value is -2.70. The summed E-state index contributed by atoms with van der Waals surface area (Å²) in [5, 5.41) is 26.7. The Kier molecular flexibility index (Phi) is 25.9. The molecule has 0 spiro atoms. The van der Waals surface area contributed by atoms with Gasteiger partial charge in [-0.2, -0.15) is 4.31 Å². The molecule has 1 aliphatic rings. The molecular formula is C40H70N7O17P3S. The van der Waals surface area contributed by atoms with E-state index in [0.29, 0.717) is 12.2 Å². The minimum atomic E-state index is -5.58. The van der Waals surface area contributed by atoms with Crippen molar-refractivity contribution >= 4 is 69.1 Å². The largest absolute Gasteiger partial charge is 0.481 e. The summed E-state index contributed by atoms with van der Waals surface area (Å²) in [7, 11) is -16.4. The number of amides is 2. The molecule has 10 N–H and O–H groups in total. The summed E-state index contributed by atoms with van der Waals surface area (Å²) in [6.45, 7) is 2.80. The number of aliphatic hydroxyl groups excluding tert-OH is 2. The fraction of sp³-hybridized carbons (Fsp3) is 0.750. The summed E-state index contributed by atoms with van der Waals surface area (Å²) < 4.78 is 62.4. The van der Waals surface area contributed by atoms with E-state index in [4.69, 9.17) is 19.5 Å². The molecule has 2 aromatic rings. The van der Waals surface area contributed by atoms with E-state index in [1.165, 1.54) is 71.6 Å². The molecule has 1 fully saturated rings. The molecule has 7 atom stereocenters. The maximum atomic E-state index is 12.7. The van der Waals surface area contributed by atoms with E-state index >= 15 is 0 Å². The second-order valence-corrected chi connectivity index (χ2v) is 22.4. The molecule has 2 amide bonds. The summed E-state index contributed by atoms with van der Waals surface area (Å²) in [6.07, 6.45) is 14.9. The molecule has 7 unspecified atom stereocenters. The van der Waals surface area contributed by atoms with E-state index in [9.17, 15) is 57.9 Å². The van der Waals surface area contributed by atoms with Crippen LogP contribution in [0.25, 0.3) is 11.2 Å². The Balaban J connectivity index is 1.29. The highest BCUT2D eigenvalue weighted by atomic mass is 32.2. The topological polar surface area (TPSA) is 364 Å². The number of allylic oxidation sites excluding steroid dienone is 2. The Labute approximate surface area is 400 Å². The van der Waals surface area contributed by atoms with E-state index in [2.05, 4.69) is 53.5 Å². The van der Waals surface area contributed by atoms with Gasteiger partial charge < -0.3 is 50.9 Å². The first-order chi connectivity index (χ1) is 32.1. The first-order valence-electron chi connectivity index (χ1n) is 22.8. The first-order valence-corrected chi connectivity index (χ1v) is 28.3. The molecule has 68 heavy (non-hydrogen) atoms. The van der Waals surface area contributed by atoms with Crippen molar-refractivity contribution in [1.29, 1.82) is 0 Å². The fourth-order valence-electron chi connectivity index (χ4n) is 6.88. The lowest BCUT2D eigenvalue weighted by molar-refractivity contribution is -0.137. The van der Waals surface area contributed by atoms with E-state index in [0.717, 1.165) is 61.1 Å². The van der Waals surface area contributed by atoms with Crippen LogP contribution in [0.15, 0.2) is 24.8 Å². The zero-order valence-corrected chi connectivity index (χ0v) is 42.3. The number of rotatable bonds is 35. The Morgan fingerprint density at radius 3 is 2.15 bits per heavy atom. The van der Waals surface area contributed by atoms with Gasteiger partial charge in [0.1, 0.15) is 36.3 Å². The number of hydrogen-bond acceptors (Lipinski definition) is 18. The number of anilines is 1. The van der Waals surface area contributed by atoms with Gasteiger partial charge in [0.25, 0.3) is 0 Å². The number of carbonyl (C=O) groups is 3. The van der Waals surface area contributed by atoms with Crippen molar-refractivity contribution in [1.82, 2.24) is 30.2 Å². The number of fused-ring (bicyclic) bond motifs is 1. The zero-order valence-electron chi connectivity index (χ0n) is 38.8. The van der Waals surface area contributed by atoms with Crippen molar-refractivity contribution in [2.45, 2.75) is 154 Å². The number of imidazole rings is 1. The van der Waals surface area contributed by atoms with Crippen LogP contribution in [-0.4, -0.2) is 123 Å². The Bertz CT molecular complexity index is 2060. The number of nitrogens with two attached hydrogens (primary N) is 1. The number of unbranched alkanes of at least 4 members (excludes halogenated alkanes) is 12. The van der Waals surface area contributed by atoms with Gasteiger partial charge in [-0.1, -0.05) is 102 Å². The van der Waals surface area contributed by atoms with Gasteiger partial charge in [-0.25, -0.2) is 28.6 Å². The van der Waals surface area contributed by atoms with Crippen LogP contribution in [0.3, 0.4) is 0 Å². The monoisotopic (exact) mass is 1050 g/mol. The zero-order chi connectivity index (χ0) is 50.4. The summed E-state index contributed by atoms with van der Waals surface area (Å²) >= 11 is 1.15. The second kappa shape index (κ2) is 29.6. The second-order valence-electron chi connectivity index (χ2n) is 17.0. The van der Waals surface area contributed by atoms with Gasteiger partial charge in [-0.05, 0) is 32.1 Å². The standard InChI is InChI=1S/C40H70N7O17P3S/c1-4-5-6-7-8-9-10-11-12-13-14-15-16-17-18-19-20-31(49)68-24-23-42-30(48)21-22-43-38(52)35(51)40(2,3)26-61-67(58,59)64-66(56,57)60-25-29-34(63-65(53,54)55)33(50)39(62-29)47-28-46-32-36(41)44-27-45-37(32)47/h11-12,27-29,33-35,39,50-51H,4-10,13-26H2,1-3H3,(H,42,48)(H,43,52)(H,56,57)(H,58,59)(H2,41,44,45)(H2,53,54,55)/b12-11+. The molecule has 24 nitrogen and oxygen atoms in total. The molecule has 0 aliphatic carbocycles. The molecule has 2 aromatic heterocycles. The molecule has 0 bridgehead atoms. The third-order valence-electron chi connectivity index (χ3n) is 10.7. The van der Waals surface area contributed by atoms with Crippen molar-refractivity contribution in [2.75, 3.05) is 37.8 Å². The van der Waals surface area contributed by atoms with Gasteiger partial charge in [0.2, 0.25) is 11.8 Å². The smallest absolute Gasteiger partial charge is 0.386 e. The highest BCUT2D eigenvalue weighted by molar-refractivity contribution is 8.13. The molecule has 1 aliphatic heterocycles. The number of carbonyl (C=O) groups excluding carboxylic acids is 3. The predicted octanol–water partition coefficient (Wildman–Crippen LogP) is 5.09. The molecule has 0 aromatic carbocycles. The van der Waals surface area contributed by atoms with Crippen LogP contribution in [0.2, 0.25) is 0 Å². The number of aliphatic hydroxyl groups is 2. The van der Waals surface area contributed by atoms with Crippen LogP contribution in [-0.2, 0) is 50.7 Å². The SMILES string of the molecule is CCCCCCCC/C=C/CCCCCCCCC(=O)SCCNC(=O)CCNC(=O)C(O)C(C)(C)COP(=O)(O)OP(=O)(O)OCC1OC(n2cnc3c(N)ncnc32)C(O)C1OP(=O)(O)O. The third kappa shape index (κ3) is 22.2. The number of ether oxygens (including phenoxy) is 1. The highest BCUT2D eigenvalue weighted by Gasteiger charge is 2.50. The number of nitrogen functional groups attached to an aromatic ring is 1. The average molecular weight is 1050 g/mol. The van der Waals surface area contributed by atoms with Crippen LogP contribution < -0.4 is 16.4 Å². The van der Waals surface area contributed by atoms with Crippen LogP contribution in [0.5, 0.6) is 0 Å². The van der Waals surface area contributed by atoms with Gasteiger partial charge in [0.05, 0.1) is 19.5 Å². The minimum Gasteiger partial charge on any atom is -0.386 e. The number of aromatic nitrogens is 4. The molecule has 3 heterocycles. The molecule has 388 valence electrons. The maximum Gasteiger partial charge on any atom is 0.481 e. The lowest BCUT2D eigenvalue weighted by atomic mass is 9.87. The van der Waals surface area contributed by atoms with Crippen molar-refractivity contribution in [2.24, 2.45) is 5.41 Å². The summed E-state index contributed by atoms with van der Waals surface area (Å²) in [4.78, 5) is 88.4. The fourth-order valence-corrected chi connectivity index (χ4v) is 10.4. The molecule has 0 radical (unpaired) electrons. The van der Waals surface area contributed by atoms with Gasteiger partial charge in [-0.3, -0.25) is 32.5 Å². The van der Waals surface area contributed by atoms with Gasteiger partial charge >= 0.3 is 23.5 Å². The van der Waals surface area contributed by atoms with Crippen LogP contribution in [0, 0.1) is 5.41 Å². The molecular weight excluding hydrogens is 975 g/mol. The number of phosphoric acid groups is 3. The van der Waals surface area contributed by atoms with E-state index in [1.807, 2.05) is 0 Å². The Morgan fingerprint density at radius 2 is 1.50 bits per heavy atom. The predicted molar refractivity (Wildman–Crippen MR) is 251 cm³/mol. The molecule has 3 rings (SSSR count). The highest BCUT2D eigenvalue weighted by Crippen LogP contribution is 2.61. The van der Waals surface area contributed by atoms with Crippen LogP contribution >= 0.6 is 35.2 Å². The van der Waals surface area contributed by atoms with Crippen molar-refractivity contribution < 1.29 is 80.5 Å². The number of thioether (sulfide) groups is 1. The normalized spacial score (nSPS) is 20.1. The van der Waals surface area contributed by atoms with E-state index < -0.39 is 84.6 Å². The molecule has 28 heteroatoms. The lowest BCUT2D eigenvalue weighted by Crippen LogP contribution is -2.46. The molecule has 1 saturated heterocycles. The van der Waals surface area contributed by atoms with Crippen molar-refractivity contribution in [3.8, 4) is 0 Å². The van der Waals surface area contributed by atoms with E-state index in [1.54, 1.807) is 0 Å². The number of nitrogens with one attached hydrogen (secondary N) is 2. The minimum absolute atomic E-state index is 0.0332. The molecule has 0 saturated carbocycles. The van der Waals surface area contributed by atoms with Gasteiger partial charge in [0.15, 0.2) is 22.8 Å². The van der Waals surface area contributed by atoms with Gasteiger partial charge in [-0.15, -0.1) is 0 Å². The van der Waals surface area contributed by atoms with E-state index in [-0.39, 0.29) is 41.6 Å². The van der Waals surface area contributed by atoms with Crippen molar-refractivity contribution in [3.63, 3.8) is 0 Å². The number of nitrogens with zero attached hydrogens (tertiary/aromatic N) is 4. The number of hydrogen-bond donors (Lipinski definition) is 9. The summed E-state index contributed by atoms with van der Waals surface area (Å²) in [6, 6.07) is 0. The summed E-state index contributed by atoms with van der Waals surface area (Å²) in [5.41, 5.74) is 4.29. The average Bonchev–Trinajstić information content (AvgIpc) is 3.83. The van der Waals surface area contributed by atoms with Crippen LogP contribution in [0.4, 0.5) is 5.82 Å². The van der Waals surface area contributed by atoms with Crippen molar-refractivity contribution in [3.05, 3.63) is 24.8 Å².